The van der Waals surface area contributed by atoms with Gasteiger partial charge in [-0.15, -0.1) is 0 Å². The van der Waals surface area contributed by atoms with Crippen molar-refractivity contribution < 1.29 is 18.0 Å². The number of alkyl halides is 3. The molecule has 0 saturated carbocycles. The Bertz CT molecular complexity index is 1090. The minimum absolute atomic E-state index is 0.00719. The number of carbonyl (C=O) groups is 1. The molecule has 0 aliphatic carbocycles. The molecule has 11 heteroatoms. The lowest BCUT2D eigenvalue weighted by Crippen LogP contribution is -2.66. The van der Waals surface area contributed by atoms with E-state index in [1.807, 2.05) is 0 Å². The van der Waals surface area contributed by atoms with Gasteiger partial charge in [0.1, 0.15) is 11.5 Å². The second kappa shape index (κ2) is 8.37. The summed E-state index contributed by atoms with van der Waals surface area (Å²) in [6, 6.07) is 5.38. The Hall–Kier alpha value is -2.65. The van der Waals surface area contributed by atoms with Crippen molar-refractivity contribution in [3.63, 3.8) is 0 Å². The highest BCUT2D eigenvalue weighted by atomic mass is 35.5. The van der Waals surface area contributed by atoms with E-state index in [1.54, 1.807) is 12.1 Å². The van der Waals surface area contributed by atoms with Gasteiger partial charge >= 0.3 is 6.18 Å². The van der Waals surface area contributed by atoms with Crippen molar-refractivity contribution >= 4 is 40.8 Å². The molecule has 2 aromatic rings. The number of hydrogen-bond acceptors (Lipinski definition) is 4. The molecular formula is C21H18Cl2F3N5O. The number of hydrogen-bond donors (Lipinski definition) is 2. The van der Waals surface area contributed by atoms with Gasteiger partial charge in [0.15, 0.2) is 5.84 Å². The molecule has 2 bridgehead atoms. The van der Waals surface area contributed by atoms with E-state index < -0.39 is 28.7 Å². The van der Waals surface area contributed by atoms with Crippen LogP contribution in [0.15, 0.2) is 36.5 Å². The van der Waals surface area contributed by atoms with Crippen LogP contribution in [0.4, 0.5) is 13.2 Å². The van der Waals surface area contributed by atoms with Crippen LogP contribution in [0.1, 0.15) is 40.9 Å². The molecule has 32 heavy (non-hydrogen) atoms. The topological polar surface area (TPSA) is 84.1 Å². The Kier molecular flexibility index (Phi) is 5.89. The predicted molar refractivity (Wildman–Crippen MR) is 115 cm³/mol. The van der Waals surface area contributed by atoms with E-state index in [0.29, 0.717) is 23.6 Å². The number of likely N-dealkylation sites (tertiary alicyclic amines) is 1. The predicted octanol–water partition coefficient (Wildman–Crippen LogP) is 5.09. The van der Waals surface area contributed by atoms with E-state index in [4.69, 9.17) is 34.0 Å². The number of carbonyl (C=O) groups excluding carboxylic acids is 1. The number of fused-ring (bicyclic) bond motifs is 2. The number of nitrogens with one attached hydrogen (secondary N) is 2. The number of amidine groups is 2. The van der Waals surface area contributed by atoms with Crippen LogP contribution in [0.3, 0.4) is 0 Å². The maximum absolute atomic E-state index is 13.3. The zero-order chi connectivity index (χ0) is 23.2. The second-order valence-electron chi connectivity index (χ2n) is 7.68. The van der Waals surface area contributed by atoms with E-state index in [1.165, 1.54) is 22.1 Å². The number of pyridine rings is 1. The molecule has 0 radical (unpaired) electrons. The third kappa shape index (κ3) is 3.95. The van der Waals surface area contributed by atoms with E-state index in [-0.39, 0.29) is 29.8 Å². The molecule has 0 spiro atoms. The molecular weight excluding hydrogens is 466 g/mol. The highest BCUT2D eigenvalue weighted by Gasteiger charge is 2.46. The van der Waals surface area contributed by atoms with E-state index >= 15 is 0 Å². The third-order valence-electron chi connectivity index (χ3n) is 5.75. The molecule has 2 aliphatic heterocycles. The number of piperazine rings is 1. The van der Waals surface area contributed by atoms with E-state index in [9.17, 15) is 18.0 Å². The maximum atomic E-state index is 13.3. The monoisotopic (exact) mass is 483 g/mol. The summed E-state index contributed by atoms with van der Waals surface area (Å²) in [6.45, 7) is 0.167. The molecule has 2 unspecified atom stereocenters. The van der Waals surface area contributed by atoms with Crippen molar-refractivity contribution in [3.8, 4) is 0 Å². The molecule has 1 aromatic carbocycles. The zero-order valence-electron chi connectivity index (χ0n) is 16.6. The van der Waals surface area contributed by atoms with Crippen molar-refractivity contribution in [2.45, 2.75) is 37.5 Å². The molecule has 2 atom stereocenters. The van der Waals surface area contributed by atoms with Crippen molar-refractivity contribution in [1.29, 1.82) is 10.8 Å². The summed E-state index contributed by atoms with van der Waals surface area (Å²) >= 11 is 11.8. The first-order chi connectivity index (χ1) is 15.1. The van der Waals surface area contributed by atoms with Crippen molar-refractivity contribution in [1.82, 2.24) is 14.8 Å². The number of halogens is 5. The summed E-state index contributed by atoms with van der Waals surface area (Å²) in [5.74, 6) is -0.608. The fourth-order valence-corrected chi connectivity index (χ4v) is 4.67. The van der Waals surface area contributed by atoms with Gasteiger partial charge in [-0.3, -0.25) is 20.6 Å². The summed E-state index contributed by atoms with van der Waals surface area (Å²) in [5, 5.41) is 16.9. The molecule has 1 aromatic heterocycles. The smallest absolute Gasteiger partial charge is 0.324 e. The van der Waals surface area contributed by atoms with Crippen LogP contribution in [-0.4, -0.2) is 51.0 Å². The normalized spacial score (nSPS) is 21.0. The van der Waals surface area contributed by atoms with Crippen molar-refractivity contribution in [2.75, 3.05) is 6.54 Å². The molecule has 2 aliphatic rings. The summed E-state index contributed by atoms with van der Waals surface area (Å²) in [6.07, 6.45) is -1.45. The van der Waals surface area contributed by atoms with Gasteiger partial charge in [-0.1, -0.05) is 29.3 Å². The average molecular weight is 484 g/mol. The van der Waals surface area contributed by atoms with Gasteiger partial charge in [0.05, 0.1) is 33.3 Å². The van der Waals surface area contributed by atoms with E-state index in [0.717, 1.165) is 18.6 Å². The lowest BCUT2D eigenvalue weighted by molar-refractivity contribution is -0.137. The summed E-state index contributed by atoms with van der Waals surface area (Å²) in [4.78, 5) is 20.4. The summed E-state index contributed by atoms with van der Waals surface area (Å²) < 4.78 is 39.8. The number of nitrogens with zero attached hydrogens (tertiary/aromatic N) is 3. The Morgan fingerprint density at radius 3 is 2.56 bits per heavy atom. The van der Waals surface area contributed by atoms with Gasteiger partial charge < -0.3 is 9.80 Å². The fraction of sp³-hybridized carbons (Fsp3) is 0.333. The van der Waals surface area contributed by atoms with Crippen LogP contribution >= 0.6 is 23.2 Å². The first-order valence-electron chi connectivity index (χ1n) is 9.84. The van der Waals surface area contributed by atoms with Crippen LogP contribution in [-0.2, 0) is 6.18 Å². The second-order valence-corrected chi connectivity index (χ2v) is 8.50. The van der Waals surface area contributed by atoms with Crippen LogP contribution in [0, 0.1) is 10.8 Å². The van der Waals surface area contributed by atoms with Crippen LogP contribution in [0.2, 0.25) is 10.0 Å². The Labute approximate surface area is 192 Å². The molecule has 2 fully saturated rings. The number of piperidine rings is 1. The van der Waals surface area contributed by atoms with Crippen LogP contribution in [0.5, 0.6) is 0 Å². The lowest BCUT2D eigenvalue weighted by Gasteiger charge is -2.50. The van der Waals surface area contributed by atoms with Crippen molar-refractivity contribution in [2.24, 2.45) is 0 Å². The van der Waals surface area contributed by atoms with Gasteiger partial charge in [-0.25, -0.2) is 0 Å². The summed E-state index contributed by atoms with van der Waals surface area (Å²) in [5.41, 5.74) is -0.980. The quantitative estimate of drug-likeness (QED) is 0.460. The Balaban J connectivity index is 1.64. The number of benzene rings is 1. The Morgan fingerprint density at radius 2 is 1.91 bits per heavy atom. The number of aromatic nitrogens is 1. The average Bonchev–Trinajstić information content (AvgIpc) is 2.75. The highest BCUT2D eigenvalue weighted by molar-refractivity contribution is 6.34. The molecule has 3 heterocycles. The molecule has 1 amide bonds. The lowest BCUT2D eigenvalue weighted by atomic mass is 9.89. The van der Waals surface area contributed by atoms with Gasteiger partial charge in [0.2, 0.25) is 0 Å². The van der Waals surface area contributed by atoms with Gasteiger partial charge in [0.25, 0.3) is 5.91 Å². The first kappa shape index (κ1) is 22.5. The standard InChI is InChI=1S/C21H18Cl2F3N5O/c22-11-7-8-15(29-9-11)18(27)30-10-12-3-1-6-16(19(30)28)31(12)20(32)13-4-2-5-14(17(13)23)21(24,25)26/h2,4-5,7-9,12,16,27-28H,1,3,6,10H2. The van der Waals surface area contributed by atoms with Gasteiger partial charge in [0, 0.05) is 12.7 Å². The third-order valence-corrected chi connectivity index (χ3v) is 6.38. The van der Waals surface area contributed by atoms with Crippen LogP contribution < -0.4 is 0 Å². The maximum Gasteiger partial charge on any atom is 0.417 e. The molecule has 168 valence electrons. The molecule has 6 nitrogen and oxygen atoms in total. The largest absolute Gasteiger partial charge is 0.417 e. The number of amides is 1. The minimum atomic E-state index is -4.69. The van der Waals surface area contributed by atoms with Gasteiger partial charge in [-0.05, 0) is 43.5 Å². The number of rotatable bonds is 2. The van der Waals surface area contributed by atoms with E-state index in [2.05, 4.69) is 4.98 Å². The van der Waals surface area contributed by atoms with Crippen molar-refractivity contribution in [3.05, 3.63) is 63.4 Å². The zero-order valence-corrected chi connectivity index (χ0v) is 18.1. The van der Waals surface area contributed by atoms with Crippen LogP contribution in [0.25, 0.3) is 0 Å². The highest BCUT2D eigenvalue weighted by Crippen LogP contribution is 2.38. The minimum Gasteiger partial charge on any atom is -0.324 e. The summed E-state index contributed by atoms with van der Waals surface area (Å²) in [7, 11) is 0. The fourth-order valence-electron chi connectivity index (χ4n) is 4.24. The van der Waals surface area contributed by atoms with Gasteiger partial charge in [-0.2, -0.15) is 13.2 Å². The molecule has 4 rings (SSSR count). The molecule has 2 N–H and O–H groups in total. The molecule has 2 saturated heterocycles. The first-order valence-corrected chi connectivity index (χ1v) is 10.6. The SMILES string of the molecule is N=C(c1ccc(Cl)cn1)N1CC2CCCC(C1=N)N2C(=O)c1cccc(C(F)(F)F)c1Cl. The Morgan fingerprint density at radius 1 is 1.16 bits per heavy atom.